The normalized spacial score (nSPS) is 38.4. The summed E-state index contributed by atoms with van der Waals surface area (Å²) < 4.78 is 11.1. The second-order valence-corrected chi connectivity index (χ2v) is 7.28. The molecule has 2 heteroatoms. The van der Waals surface area contributed by atoms with Crippen molar-refractivity contribution in [3.63, 3.8) is 0 Å². The molecule has 2 nitrogen and oxygen atoms in total. The van der Waals surface area contributed by atoms with Gasteiger partial charge in [0.25, 0.3) is 0 Å². The van der Waals surface area contributed by atoms with Crippen LogP contribution in [0.25, 0.3) is 0 Å². The Balaban J connectivity index is 1.95. The molecular weight excluding hydrogens is 248 g/mol. The van der Waals surface area contributed by atoms with Crippen molar-refractivity contribution in [3.05, 3.63) is 0 Å². The molecule has 2 saturated carbocycles. The summed E-state index contributed by atoms with van der Waals surface area (Å²) in [5, 5.41) is 0. The third-order valence-electron chi connectivity index (χ3n) is 6.64. The van der Waals surface area contributed by atoms with Crippen molar-refractivity contribution < 1.29 is 9.47 Å². The predicted molar refractivity (Wildman–Crippen MR) is 83.9 cm³/mol. The summed E-state index contributed by atoms with van der Waals surface area (Å²) in [4.78, 5) is 0. The molecule has 0 heterocycles. The van der Waals surface area contributed by atoms with E-state index in [1.165, 1.54) is 57.8 Å². The molecule has 2 rings (SSSR count). The van der Waals surface area contributed by atoms with E-state index in [0.29, 0.717) is 17.6 Å². The first-order chi connectivity index (χ1) is 9.63. The minimum Gasteiger partial charge on any atom is -0.381 e. The molecule has 0 spiro atoms. The summed E-state index contributed by atoms with van der Waals surface area (Å²) in [6.45, 7) is 4.98. The van der Waals surface area contributed by atoms with Crippen molar-refractivity contribution in [1.82, 2.24) is 0 Å². The summed E-state index contributed by atoms with van der Waals surface area (Å²) in [6.07, 6.45) is 12.9. The molecule has 0 bridgehead atoms. The molecule has 2 fully saturated rings. The van der Waals surface area contributed by atoms with E-state index in [4.69, 9.17) is 9.47 Å². The molecule has 0 aliphatic heterocycles. The van der Waals surface area contributed by atoms with E-state index < -0.39 is 0 Å². The van der Waals surface area contributed by atoms with E-state index in [1.54, 1.807) is 0 Å². The van der Waals surface area contributed by atoms with Gasteiger partial charge in [-0.05, 0) is 68.6 Å². The van der Waals surface area contributed by atoms with Crippen LogP contribution in [0.2, 0.25) is 0 Å². The first kappa shape index (κ1) is 16.3. The Morgan fingerprint density at radius 2 is 1.10 bits per heavy atom. The number of hydrogen-bond donors (Lipinski definition) is 0. The highest BCUT2D eigenvalue weighted by Crippen LogP contribution is 2.50. The van der Waals surface area contributed by atoms with Crippen LogP contribution in [0.4, 0.5) is 0 Å². The Morgan fingerprint density at radius 3 is 1.35 bits per heavy atom. The molecule has 0 atom stereocenters. The van der Waals surface area contributed by atoms with E-state index in [0.717, 1.165) is 11.8 Å². The Bertz CT molecular complexity index is 249. The molecule has 2 aliphatic rings. The number of hydrogen-bond acceptors (Lipinski definition) is 2. The highest BCUT2D eigenvalue weighted by molar-refractivity contribution is 4.92. The molecule has 20 heavy (non-hydrogen) atoms. The first-order valence-electron chi connectivity index (χ1n) is 8.69. The van der Waals surface area contributed by atoms with Crippen LogP contribution in [-0.2, 0) is 9.47 Å². The smallest absolute Gasteiger partial charge is 0.0571 e. The fraction of sp³-hybridized carbons (Fsp3) is 1.00. The van der Waals surface area contributed by atoms with Crippen molar-refractivity contribution in [2.75, 3.05) is 14.2 Å². The number of rotatable bonds is 5. The highest BCUT2D eigenvalue weighted by atomic mass is 16.5. The van der Waals surface area contributed by atoms with Crippen LogP contribution in [0.1, 0.15) is 71.6 Å². The van der Waals surface area contributed by atoms with Gasteiger partial charge in [0.05, 0.1) is 12.2 Å². The van der Waals surface area contributed by atoms with E-state index in [1.807, 2.05) is 14.2 Å². The van der Waals surface area contributed by atoms with Crippen molar-refractivity contribution in [2.24, 2.45) is 17.3 Å². The van der Waals surface area contributed by atoms with Crippen molar-refractivity contribution in [1.29, 1.82) is 0 Å². The molecule has 0 amide bonds. The molecule has 2 aliphatic carbocycles. The van der Waals surface area contributed by atoms with Gasteiger partial charge in [-0.15, -0.1) is 0 Å². The van der Waals surface area contributed by atoms with E-state index in [-0.39, 0.29) is 0 Å². The monoisotopic (exact) mass is 282 g/mol. The minimum absolute atomic E-state index is 0.525. The van der Waals surface area contributed by atoms with Crippen LogP contribution in [0.15, 0.2) is 0 Å². The SMILES string of the molecule is CCC(C)(C1CCC(OC)CC1)C1CCC(OC)CC1. The van der Waals surface area contributed by atoms with Crippen LogP contribution < -0.4 is 0 Å². The maximum atomic E-state index is 5.54. The Morgan fingerprint density at radius 1 is 0.750 bits per heavy atom. The lowest BCUT2D eigenvalue weighted by Crippen LogP contribution is -2.40. The lowest BCUT2D eigenvalue weighted by atomic mass is 9.58. The number of methoxy groups -OCH3 is 2. The maximum Gasteiger partial charge on any atom is 0.0571 e. The molecule has 0 aromatic heterocycles. The topological polar surface area (TPSA) is 18.5 Å². The third-order valence-corrected chi connectivity index (χ3v) is 6.64. The summed E-state index contributed by atoms with van der Waals surface area (Å²) in [6, 6.07) is 0. The van der Waals surface area contributed by atoms with Crippen molar-refractivity contribution in [2.45, 2.75) is 83.8 Å². The van der Waals surface area contributed by atoms with Gasteiger partial charge in [-0.25, -0.2) is 0 Å². The molecule has 118 valence electrons. The second kappa shape index (κ2) is 7.26. The van der Waals surface area contributed by atoms with Gasteiger partial charge in [0.2, 0.25) is 0 Å². The Hall–Kier alpha value is -0.0800. The molecule has 0 unspecified atom stereocenters. The molecule has 0 aromatic carbocycles. The minimum atomic E-state index is 0.525. The van der Waals surface area contributed by atoms with Gasteiger partial charge < -0.3 is 9.47 Å². The zero-order valence-corrected chi connectivity index (χ0v) is 14.0. The molecular formula is C18H34O2. The first-order valence-corrected chi connectivity index (χ1v) is 8.69. The summed E-state index contributed by atoms with van der Waals surface area (Å²) >= 11 is 0. The average Bonchev–Trinajstić information content (AvgIpc) is 2.54. The highest BCUT2D eigenvalue weighted by Gasteiger charge is 2.42. The Kier molecular flexibility index (Phi) is 5.92. The van der Waals surface area contributed by atoms with Crippen molar-refractivity contribution in [3.8, 4) is 0 Å². The molecule has 0 saturated heterocycles. The van der Waals surface area contributed by atoms with Crippen LogP contribution in [0.3, 0.4) is 0 Å². The summed E-state index contributed by atoms with van der Waals surface area (Å²) in [7, 11) is 3.74. The third kappa shape index (κ3) is 3.39. The van der Waals surface area contributed by atoms with Gasteiger partial charge in [-0.3, -0.25) is 0 Å². The van der Waals surface area contributed by atoms with Gasteiger partial charge in [-0.2, -0.15) is 0 Å². The van der Waals surface area contributed by atoms with E-state index >= 15 is 0 Å². The molecule has 0 N–H and O–H groups in total. The van der Waals surface area contributed by atoms with Crippen LogP contribution in [-0.4, -0.2) is 26.4 Å². The largest absolute Gasteiger partial charge is 0.381 e. The zero-order valence-electron chi connectivity index (χ0n) is 14.0. The van der Waals surface area contributed by atoms with Crippen LogP contribution in [0.5, 0.6) is 0 Å². The van der Waals surface area contributed by atoms with Crippen LogP contribution >= 0.6 is 0 Å². The van der Waals surface area contributed by atoms with Gasteiger partial charge in [0.1, 0.15) is 0 Å². The maximum absolute atomic E-state index is 5.54. The molecule has 0 radical (unpaired) electrons. The fourth-order valence-electron chi connectivity index (χ4n) is 4.83. The van der Waals surface area contributed by atoms with Gasteiger partial charge in [-0.1, -0.05) is 20.3 Å². The van der Waals surface area contributed by atoms with Gasteiger partial charge in [0, 0.05) is 14.2 Å². The summed E-state index contributed by atoms with van der Waals surface area (Å²) in [5.41, 5.74) is 0.539. The average molecular weight is 282 g/mol. The quantitative estimate of drug-likeness (QED) is 0.720. The molecule has 0 aromatic rings. The van der Waals surface area contributed by atoms with Gasteiger partial charge >= 0.3 is 0 Å². The van der Waals surface area contributed by atoms with E-state index in [2.05, 4.69) is 13.8 Å². The number of ether oxygens (including phenoxy) is 2. The van der Waals surface area contributed by atoms with Crippen molar-refractivity contribution >= 4 is 0 Å². The Labute approximate surface area is 125 Å². The van der Waals surface area contributed by atoms with Gasteiger partial charge in [0.15, 0.2) is 0 Å². The predicted octanol–water partition coefficient (Wildman–Crippen LogP) is 4.81. The zero-order chi connectivity index (χ0) is 14.6. The van der Waals surface area contributed by atoms with Crippen LogP contribution in [0, 0.1) is 17.3 Å². The lowest BCUT2D eigenvalue weighted by molar-refractivity contribution is -0.0273. The standard InChI is InChI=1S/C18H34O2/c1-5-18(2,14-6-10-16(19-3)11-7-14)15-8-12-17(20-4)13-9-15/h14-17H,5-13H2,1-4H3. The van der Waals surface area contributed by atoms with E-state index in [9.17, 15) is 0 Å². The lowest BCUT2D eigenvalue weighted by Gasteiger charge is -2.48. The fourth-order valence-corrected chi connectivity index (χ4v) is 4.83. The summed E-state index contributed by atoms with van der Waals surface area (Å²) in [5.74, 6) is 1.81. The second-order valence-electron chi connectivity index (χ2n) is 7.28.